The molecule has 3 rings (SSSR count). The fraction of sp³-hybridized carbons (Fsp3) is 0.304. The van der Waals surface area contributed by atoms with E-state index in [-0.39, 0.29) is 7.43 Å². The smallest absolute Gasteiger partial charge is 0.0400 e. The fourth-order valence-corrected chi connectivity index (χ4v) is 1.93. The lowest BCUT2D eigenvalue weighted by molar-refractivity contribution is 1.04. The van der Waals surface area contributed by atoms with Gasteiger partial charge >= 0.3 is 0 Å². The van der Waals surface area contributed by atoms with Crippen molar-refractivity contribution in [3.05, 3.63) is 96.1 Å². The van der Waals surface area contributed by atoms with Gasteiger partial charge in [0, 0.05) is 24.3 Å². The van der Waals surface area contributed by atoms with Crippen molar-refractivity contribution in [1.29, 1.82) is 0 Å². The molecule has 134 valence electrons. The lowest BCUT2D eigenvalue weighted by atomic mass is 10.2. The Hall–Kier alpha value is -2.48. The van der Waals surface area contributed by atoms with Crippen LogP contribution in [-0.4, -0.2) is 9.97 Å². The molecule has 0 atom stereocenters. The van der Waals surface area contributed by atoms with Crippen molar-refractivity contribution in [2.24, 2.45) is 0 Å². The fourth-order valence-electron chi connectivity index (χ4n) is 1.93. The highest BCUT2D eigenvalue weighted by atomic mass is 14.7. The summed E-state index contributed by atoms with van der Waals surface area (Å²) in [6, 6.07) is 20.5. The number of rotatable bonds is 3. The highest BCUT2D eigenvalue weighted by molar-refractivity contribution is 5.13. The maximum absolute atomic E-state index is 4.10. The van der Waals surface area contributed by atoms with Gasteiger partial charge in [-0.3, -0.25) is 9.97 Å². The number of aromatic nitrogens is 2. The molecule has 2 nitrogen and oxygen atoms in total. The molecule has 0 unspecified atom stereocenters. The Morgan fingerprint density at radius 2 is 1.28 bits per heavy atom. The minimum atomic E-state index is 0. The zero-order valence-corrected chi connectivity index (χ0v) is 15.0. The first kappa shape index (κ1) is 22.5. The molecule has 0 saturated heterocycles. The predicted octanol–water partition coefficient (Wildman–Crippen LogP) is 6.17. The molecule has 0 N–H and O–H groups in total. The number of nitrogens with zero attached hydrogens (tertiary/aromatic N) is 2. The van der Waals surface area contributed by atoms with Crippen LogP contribution in [0.2, 0.25) is 0 Å². The first-order chi connectivity index (χ1) is 11.8. The maximum Gasteiger partial charge on any atom is 0.0400 e. The molecule has 2 heteroatoms. The molecular weight excluding hydrogens is 304 g/mol. The summed E-state index contributed by atoms with van der Waals surface area (Å²) in [5.74, 6) is 0. The third-order valence-electron chi connectivity index (χ3n) is 3.47. The molecule has 0 bridgehead atoms. The zero-order chi connectivity index (χ0) is 17.5. The van der Waals surface area contributed by atoms with Crippen LogP contribution in [0.15, 0.2) is 79.3 Å². The number of aryl methyl sites for hydroxylation is 3. The molecule has 2 aromatic heterocycles. The monoisotopic (exact) mass is 336 g/mol. The van der Waals surface area contributed by atoms with Gasteiger partial charge in [-0.2, -0.15) is 0 Å². The molecule has 2 heterocycles. The summed E-state index contributed by atoms with van der Waals surface area (Å²) < 4.78 is 0. The standard InChI is InChI=1S/C8H10.2C7H9N.CH4/c1-2-8-6-4-3-5-7-8;1-2-7-4-3-5-8-6-7;1-2-7-5-3-4-6-8-7;/h3-7H,2H2,1H3;2*3-6H,2H2,1H3;1H4. The van der Waals surface area contributed by atoms with E-state index in [9.17, 15) is 0 Å². The van der Waals surface area contributed by atoms with Gasteiger partial charge in [-0.1, -0.05) is 70.7 Å². The molecule has 3 aromatic rings. The average Bonchev–Trinajstić information content (AvgIpc) is 2.71. The summed E-state index contributed by atoms with van der Waals surface area (Å²) in [5.41, 5.74) is 3.87. The second kappa shape index (κ2) is 15.1. The number of hydrogen-bond donors (Lipinski definition) is 0. The van der Waals surface area contributed by atoms with Gasteiger partial charge in [-0.15, -0.1) is 0 Å². The summed E-state index contributed by atoms with van der Waals surface area (Å²) in [6.45, 7) is 6.38. The maximum atomic E-state index is 4.10. The van der Waals surface area contributed by atoms with Crippen LogP contribution in [0.1, 0.15) is 45.0 Å². The van der Waals surface area contributed by atoms with E-state index >= 15 is 0 Å². The van der Waals surface area contributed by atoms with E-state index in [1.807, 2.05) is 42.7 Å². The quantitative estimate of drug-likeness (QED) is 0.571. The van der Waals surface area contributed by atoms with Crippen molar-refractivity contribution in [2.45, 2.75) is 47.5 Å². The molecule has 0 fully saturated rings. The van der Waals surface area contributed by atoms with Crippen molar-refractivity contribution in [3.8, 4) is 0 Å². The number of benzene rings is 1. The first-order valence-electron chi connectivity index (χ1n) is 8.62. The second-order valence-corrected chi connectivity index (χ2v) is 5.23. The Balaban J connectivity index is 0.000000339. The van der Waals surface area contributed by atoms with Gasteiger partial charge in [0.25, 0.3) is 0 Å². The summed E-state index contributed by atoms with van der Waals surface area (Å²) in [7, 11) is 0. The van der Waals surface area contributed by atoms with Crippen LogP contribution in [0.4, 0.5) is 0 Å². The Morgan fingerprint density at radius 3 is 1.64 bits per heavy atom. The van der Waals surface area contributed by atoms with Crippen LogP contribution in [-0.2, 0) is 19.3 Å². The average molecular weight is 337 g/mol. The van der Waals surface area contributed by atoms with Crippen LogP contribution in [0, 0.1) is 0 Å². The van der Waals surface area contributed by atoms with Crippen molar-refractivity contribution in [3.63, 3.8) is 0 Å². The normalized spacial score (nSPS) is 8.76. The van der Waals surface area contributed by atoms with E-state index in [0.29, 0.717) is 0 Å². The van der Waals surface area contributed by atoms with Gasteiger partial charge in [0.15, 0.2) is 0 Å². The van der Waals surface area contributed by atoms with E-state index in [1.165, 1.54) is 11.1 Å². The lowest BCUT2D eigenvalue weighted by Gasteiger charge is -1.89. The van der Waals surface area contributed by atoms with Crippen LogP contribution in [0.25, 0.3) is 0 Å². The Morgan fingerprint density at radius 1 is 0.640 bits per heavy atom. The SMILES string of the molecule is C.CCc1ccccc1.CCc1ccccn1.CCc1cccnc1. The first-order valence-corrected chi connectivity index (χ1v) is 8.62. The third kappa shape index (κ3) is 10.8. The molecular formula is C23H32N2. The predicted molar refractivity (Wildman–Crippen MR) is 110 cm³/mol. The van der Waals surface area contributed by atoms with Crippen molar-refractivity contribution < 1.29 is 0 Å². The molecule has 0 aliphatic carbocycles. The van der Waals surface area contributed by atoms with Gasteiger partial charge < -0.3 is 0 Å². The number of pyridine rings is 2. The second-order valence-electron chi connectivity index (χ2n) is 5.23. The minimum Gasteiger partial charge on any atom is -0.264 e. The van der Waals surface area contributed by atoms with Crippen LogP contribution in [0.3, 0.4) is 0 Å². The van der Waals surface area contributed by atoms with E-state index in [0.717, 1.165) is 25.0 Å². The Labute approximate surface area is 154 Å². The highest BCUT2D eigenvalue weighted by Crippen LogP contribution is 1.97. The van der Waals surface area contributed by atoms with Gasteiger partial charge in [0.2, 0.25) is 0 Å². The van der Waals surface area contributed by atoms with Crippen molar-refractivity contribution >= 4 is 0 Å². The van der Waals surface area contributed by atoms with Gasteiger partial charge in [0.1, 0.15) is 0 Å². The summed E-state index contributed by atoms with van der Waals surface area (Å²) in [6.07, 6.45) is 8.74. The van der Waals surface area contributed by atoms with Crippen molar-refractivity contribution in [1.82, 2.24) is 9.97 Å². The van der Waals surface area contributed by atoms with Gasteiger partial charge in [-0.25, -0.2) is 0 Å². The summed E-state index contributed by atoms with van der Waals surface area (Å²) in [4.78, 5) is 8.05. The summed E-state index contributed by atoms with van der Waals surface area (Å²) in [5, 5.41) is 0. The molecule has 0 aliphatic rings. The Kier molecular flexibility index (Phi) is 13.6. The molecule has 0 saturated carbocycles. The van der Waals surface area contributed by atoms with E-state index in [4.69, 9.17) is 0 Å². The Bertz CT molecular complexity index is 528. The van der Waals surface area contributed by atoms with Gasteiger partial charge in [0.05, 0.1) is 0 Å². The largest absolute Gasteiger partial charge is 0.264 e. The van der Waals surface area contributed by atoms with E-state index < -0.39 is 0 Å². The van der Waals surface area contributed by atoms with Gasteiger partial charge in [-0.05, 0) is 48.6 Å². The summed E-state index contributed by atoms with van der Waals surface area (Å²) >= 11 is 0. The van der Waals surface area contributed by atoms with Crippen LogP contribution < -0.4 is 0 Å². The van der Waals surface area contributed by atoms with Crippen LogP contribution in [0.5, 0.6) is 0 Å². The minimum absolute atomic E-state index is 0. The molecule has 0 amide bonds. The zero-order valence-electron chi connectivity index (χ0n) is 15.0. The van der Waals surface area contributed by atoms with E-state index in [2.05, 4.69) is 61.1 Å². The topological polar surface area (TPSA) is 25.8 Å². The highest BCUT2D eigenvalue weighted by Gasteiger charge is 1.82. The van der Waals surface area contributed by atoms with Crippen LogP contribution >= 0.6 is 0 Å². The molecule has 0 radical (unpaired) electrons. The molecule has 25 heavy (non-hydrogen) atoms. The van der Waals surface area contributed by atoms with Crippen molar-refractivity contribution in [2.75, 3.05) is 0 Å². The number of hydrogen-bond acceptors (Lipinski definition) is 2. The molecule has 0 spiro atoms. The lowest BCUT2D eigenvalue weighted by Crippen LogP contribution is -1.81. The van der Waals surface area contributed by atoms with E-state index in [1.54, 1.807) is 6.20 Å². The third-order valence-corrected chi connectivity index (χ3v) is 3.47. The molecule has 0 aliphatic heterocycles. The molecule has 1 aromatic carbocycles.